The van der Waals surface area contributed by atoms with Gasteiger partial charge in [0.25, 0.3) is 0 Å². The molecular formula is C16H26N2O5. The van der Waals surface area contributed by atoms with Crippen molar-refractivity contribution in [2.75, 3.05) is 58.1 Å². The van der Waals surface area contributed by atoms with Crippen LogP contribution < -0.4 is 15.8 Å². The second-order valence-corrected chi connectivity index (χ2v) is 4.68. The lowest BCUT2D eigenvalue weighted by Gasteiger charge is -2.09. The lowest BCUT2D eigenvalue weighted by Crippen LogP contribution is -2.14. The summed E-state index contributed by atoms with van der Waals surface area (Å²) < 4.78 is 21.4. The van der Waals surface area contributed by atoms with Crippen molar-refractivity contribution in [2.45, 2.75) is 6.92 Å². The van der Waals surface area contributed by atoms with Crippen molar-refractivity contribution in [3.8, 4) is 5.75 Å². The molecule has 0 spiro atoms. The SMILES string of the molecule is CC(=O)Nc1ccc(OCCOCCOCCOCCN)cc1. The van der Waals surface area contributed by atoms with E-state index in [9.17, 15) is 4.79 Å². The number of anilines is 1. The number of hydrogen-bond acceptors (Lipinski definition) is 6. The van der Waals surface area contributed by atoms with Crippen LogP contribution in [0.1, 0.15) is 6.92 Å². The van der Waals surface area contributed by atoms with E-state index in [2.05, 4.69) is 5.32 Å². The monoisotopic (exact) mass is 326 g/mol. The molecule has 0 heterocycles. The summed E-state index contributed by atoms with van der Waals surface area (Å²) in [5.41, 5.74) is 6.04. The maximum absolute atomic E-state index is 10.9. The van der Waals surface area contributed by atoms with Crippen LogP contribution in [0.2, 0.25) is 0 Å². The molecule has 0 saturated carbocycles. The molecular weight excluding hydrogens is 300 g/mol. The lowest BCUT2D eigenvalue weighted by molar-refractivity contribution is -0.114. The molecule has 7 nitrogen and oxygen atoms in total. The topological polar surface area (TPSA) is 92.0 Å². The summed E-state index contributed by atoms with van der Waals surface area (Å²) in [7, 11) is 0. The Bertz CT molecular complexity index is 425. The molecule has 3 N–H and O–H groups in total. The Morgan fingerprint density at radius 2 is 1.43 bits per heavy atom. The summed E-state index contributed by atoms with van der Waals surface area (Å²) in [6.07, 6.45) is 0. The van der Waals surface area contributed by atoms with E-state index < -0.39 is 0 Å². The molecule has 0 saturated heterocycles. The number of benzene rings is 1. The van der Waals surface area contributed by atoms with Crippen LogP contribution in [0.3, 0.4) is 0 Å². The van der Waals surface area contributed by atoms with E-state index >= 15 is 0 Å². The summed E-state index contributed by atoms with van der Waals surface area (Å²) in [4.78, 5) is 10.9. The number of nitrogens with two attached hydrogens (primary N) is 1. The van der Waals surface area contributed by atoms with Gasteiger partial charge in [0.1, 0.15) is 12.4 Å². The van der Waals surface area contributed by atoms with E-state index in [4.69, 9.17) is 24.7 Å². The molecule has 7 heteroatoms. The van der Waals surface area contributed by atoms with Crippen LogP contribution in [0.25, 0.3) is 0 Å². The third kappa shape index (κ3) is 10.6. The standard InChI is InChI=1S/C16H26N2O5/c1-14(19)18-15-2-4-16(5-3-15)23-13-12-22-11-10-21-9-8-20-7-6-17/h2-5H,6-13,17H2,1H3,(H,18,19). The summed E-state index contributed by atoms with van der Waals surface area (Å²) in [6.45, 7) is 5.63. The van der Waals surface area contributed by atoms with Gasteiger partial charge in [-0.3, -0.25) is 4.79 Å². The van der Waals surface area contributed by atoms with Crippen LogP contribution in [0.5, 0.6) is 5.75 Å². The number of hydrogen-bond donors (Lipinski definition) is 2. The van der Waals surface area contributed by atoms with Crippen molar-refractivity contribution in [1.29, 1.82) is 0 Å². The molecule has 23 heavy (non-hydrogen) atoms. The van der Waals surface area contributed by atoms with Gasteiger partial charge in [0.05, 0.1) is 39.6 Å². The largest absolute Gasteiger partial charge is 0.491 e. The average Bonchev–Trinajstić information content (AvgIpc) is 2.53. The van der Waals surface area contributed by atoms with E-state index in [-0.39, 0.29) is 5.91 Å². The van der Waals surface area contributed by atoms with Crippen molar-refractivity contribution < 1.29 is 23.7 Å². The Kier molecular flexibility index (Phi) is 10.8. The maximum atomic E-state index is 10.9. The van der Waals surface area contributed by atoms with Crippen molar-refractivity contribution >= 4 is 11.6 Å². The number of carbonyl (C=O) groups is 1. The molecule has 1 aromatic carbocycles. The van der Waals surface area contributed by atoms with Gasteiger partial charge in [-0.1, -0.05) is 0 Å². The van der Waals surface area contributed by atoms with E-state index in [0.29, 0.717) is 52.8 Å². The van der Waals surface area contributed by atoms with Crippen LogP contribution in [0.4, 0.5) is 5.69 Å². The van der Waals surface area contributed by atoms with E-state index in [0.717, 1.165) is 11.4 Å². The van der Waals surface area contributed by atoms with Gasteiger partial charge in [0, 0.05) is 19.2 Å². The Balaban J connectivity index is 1.95. The minimum atomic E-state index is -0.0970. The summed E-state index contributed by atoms with van der Waals surface area (Å²) in [6, 6.07) is 7.18. The molecule has 0 fully saturated rings. The lowest BCUT2D eigenvalue weighted by atomic mass is 10.3. The summed E-state index contributed by atoms with van der Waals surface area (Å²) in [5, 5.41) is 2.70. The molecule has 1 rings (SSSR count). The van der Waals surface area contributed by atoms with Gasteiger partial charge < -0.3 is 30.0 Å². The van der Waals surface area contributed by atoms with Crippen LogP contribution in [0, 0.1) is 0 Å². The third-order valence-corrected chi connectivity index (χ3v) is 2.68. The van der Waals surface area contributed by atoms with Crippen LogP contribution in [-0.2, 0) is 19.0 Å². The number of rotatable bonds is 13. The molecule has 0 aliphatic carbocycles. The highest BCUT2D eigenvalue weighted by Gasteiger charge is 1.97. The second kappa shape index (κ2) is 12.8. The molecule has 0 aliphatic heterocycles. The van der Waals surface area contributed by atoms with Crippen molar-refractivity contribution in [1.82, 2.24) is 0 Å². The quantitative estimate of drug-likeness (QED) is 0.526. The highest BCUT2D eigenvalue weighted by Crippen LogP contribution is 2.15. The van der Waals surface area contributed by atoms with Gasteiger partial charge in [0.15, 0.2) is 0 Å². The minimum Gasteiger partial charge on any atom is -0.491 e. The summed E-state index contributed by atoms with van der Waals surface area (Å²) in [5.74, 6) is 0.635. The molecule has 0 aromatic heterocycles. The number of ether oxygens (including phenoxy) is 4. The molecule has 0 bridgehead atoms. The van der Waals surface area contributed by atoms with Crippen molar-refractivity contribution in [2.24, 2.45) is 5.73 Å². The first-order valence-corrected chi connectivity index (χ1v) is 7.66. The molecule has 0 aliphatic rings. The zero-order chi connectivity index (χ0) is 16.8. The second-order valence-electron chi connectivity index (χ2n) is 4.68. The average molecular weight is 326 g/mol. The normalized spacial score (nSPS) is 10.5. The van der Waals surface area contributed by atoms with Gasteiger partial charge in [-0.15, -0.1) is 0 Å². The van der Waals surface area contributed by atoms with Crippen LogP contribution >= 0.6 is 0 Å². The Hall–Kier alpha value is -1.67. The maximum Gasteiger partial charge on any atom is 0.221 e. The zero-order valence-corrected chi connectivity index (χ0v) is 13.6. The molecule has 0 unspecified atom stereocenters. The highest BCUT2D eigenvalue weighted by atomic mass is 16.6. The first kappa shape index (κ1) is 19.4. The first-order chi connectivity index (χ1) is 11.2. The predicted octanol–water partition coefficient (Wildman–Crippen LogP) is 1.03. The molecule has 1 aromatic rings. The van der Waals surface area contributed by atoms with Crippen molar-refractivity contribution in [3.63, 3.8) is 0 Å². The van der Waals surface area contributed by atoms with E-state index in [1.54, 1.807) is 24.3 Å². The van der Waals surface area contributed by atoms with Gasteiger partial charge in [-0.25, -0.2) is 0 Å². The van der Waals surface area contributed by atoms with Crippen LogP contribution in [-0.4, -0.2) is 58.7 Å². The molecule has 0 atom stereocenters. The minimum absolute atomic E-state index is 0.0970. The van der Waals surface area contributed by atoms with E-state index in [1.807, 2.05) is 0 Å². The number of carbonyl (C=O) groups excluding carboxylic acids is 1. The fraction of sp³-hybridized carbons (Fsp3) is 0.562. The fourth-order valence-electron chi connectivity index (χ4n) is 1.68. The predicted molar refractivity (Wildman–Crippen MR) is 87.8 cm³/mol. The first-order valence-electron chi connectivity index (χ1n) is 7.66. The van der Waals surface area contributed by atoms with Crippen molar-refractivity contribution in [3.05, 3.63) is 24.3 Å². The molecule has 130 valence electrons. The Labute approximate surface area is 137 Å². The van der Waals surface area contributed by atoms with Gasteiger partial charge >= 0.3 is 0 Å². The summed E-state index contributed by atoms with van der Waals surface area (Å²) >= 11 is 0. The third-order valence-electron chi connectivity index (χ3n) is 2.68. The smallest absolute Gasteiger partial charge is 0.221 e. The van der Waals surface area contributed by atoms with Crippen LogP contribution in [0.15, 0.2) is 24.3 Å². The molecule has 0 radical (unpaired) electrons. The highest BCUT2D eigenvalue weighted by molar-refractivity contribution is 5.88. The van der Waals surface area contributed by atoms with Gasteiger partial charge in [-0.05, 0) is 24.3 Å². The fourth-order valence-corrected chi connectivity index (χ4v) is 1.68. The molecule has 1 amide bonds. The Morgan fingerprint density at radius 1 is 0.913 bits per heavy atom. The number of nitrogens with one attached hydrogen (secondary N) is 1. The van der Waals surface area contributed by atoms with E-state index in [1.165, 1.54) is 6.92 Å². The Morgan fingerprint density at radius 3 is 1.96 bits per heavy atom. The van der Waals surface area contributed by atoms with Gasteiger partial charge in [0.2, 0.25) is 5.91 Å². The number of amides is 1. The zero-order valence-electron chi connectivity index (χ0n) is 13.6. The van der Waals surface area contributed by atoms with Gasteiger partial charge in [-0.2, -0.15) is 0 Å².